The molecule has 0 aliphatic rings. The highest BCUT2D eigenvalue weighted by atomic mass is 16.5. The number of fused-ring (bicyclic) bond motifs is 1. The molecule has 0 radical (unpaired) electrons. The fourth-order valence-electron chi connectivity index (χ4n) is 3.57. The molecule has 0 fully saturated rings. The summed E-state index contributed by atoms with van der Waals surface area (Å²) in [5.74, 6) is -0.526. The molecule has 0 aliphatic carbocycles. The van der Waals surface area contributed by atoms with E-state index >= 15 is 0 Å². The molecule has 0 bridgehead atoms. The molecule has 3 rings (SSSR count). The molecular formula is C23H26N2O4. The molecule has 1 amide bonds. The van der Waals surface area contributed by atoms with Crippen molar-refractivity contribution in [2.45, 2.75) is 38.1 Å². The van der Waals surface area contributed by atoms with Gasteiger partial charge < -0.3 is 20.1 Å². The molecule has 6 nitrogen and oxygen atoms in total. The van der Waals surface area contributed by atoms with Crippen molar-refractivity contribution in [3.05, 3.63) is 65.9 Å². The number of amides is 1. The molecule has 0 saturated heterocycles. The minimum Gasteiger partial charge on any atom is -0.497 e. The normalized spacial score (nSPS) is 13.0. The number of benzene rings is 2. The molecule has 29 heavy (non-hydrogen) atoms. The van der Waals surface area contributed by atoms with E-state index in [0.29, 0.717) is 0 Å². The van der Waals surface area contributed by atoms with Gasteiger partial charge in [0.05, 0.1) is 7.11 Å². The van der Waals surface area contributed by atoms with Crippen LogP contribution in [0.25, 0.3) is 10.9 Å². The molecule has 1 aromatic heterocycles. The molecule has 152 valence electrons. The maximum atomic E-state index is 12.6. The van der Waals surface area contributed by atoms with Crippen molar-refractivity contribution in [3.8, 4) is 5.75 Å². The first-order valence-corrected chi connectivity index (χ1v) is 9.73. The lowest BCUT2D eigenvalue weighted by atomic mass is 9.92. The Bertz CT molecular complexity index is 978. The van der Waals surface area contributed by atoms with Crippen LogP contribution in [-0.2, 0) is 16.0 Å². The Hall–Kier alpha value is -3.28. The third-order valence-electron chi connectivity index (χ3n) is 5.24. The van der Waals surface area contributed by atoms with Crippen molar-refractivity contribution >= 4 is 22.8 Å². The number of carboxylic acids is 1. The monoisotopic (exact) mass is 394 g/mol. The minimum atomic E-state index is -1.04. The summed E-state index contributed by atoms with van der Waals surface area (Å²) in [5.41, 5.74) is 2.85. The number of nitrogens with one attached hydrogen (secondary N) is 2. The molecule has 3 aromatic rings. The van der Waals surface area contributed by atoms with Crippen molar-refractivity contribution in [2.75, 3.05) is 7.11 Å². The van der Waals surface area contributed by atoms with Gasteiger partial charge in [0.1, 0.15) is 11.8 Å². The maximum Gasteiger partial charge on any atom is 0.326 e. The van der Waals surface area contributed by atoms with E-state index in [1.54, 1.807) is 13.3 Å². The standard InChI is InChI=1S/C23H26N2O4/c1-3-15(16-8-10-18(29-2)11-9-16)13-22(26)25-21(23(27)28)12-17-14-24-20-7-5-4-6-19(17)20/h4-11,14-15,21,24H,3,12-13H2,1-2H3,(H,25,26)(H,27,28). The lowest BCUT2D eigenvalue weighted by Crippen LogP contribution is -2.42. The number of ether oxygens (including phenoxy) is 1. The van der Waals surface area contributed by atoms with Crippen LogP contribution in [0.5, 0.6) is 5.75 Å². The number of rotatable bonds is 9. The highest BCUT2D eigenvalue weighted by molar-refractivity contribution is 5.87. The molecule has 3 N–H and O–H groups in total. The van der Waals surface area contributed by atoms with Crippen LogP contribution in [-0.4, -0.2) is 35.1 Å². The summed E-state index contributed by atoms with van der Waals surface area (Å²) in [7, 11) is 1.61. The number of H-pyrrole nitrogens is 1. The van der Waals surface area contributed by atoms with Crippen LogP contribution in [0.1, 0.15) is 36.8 Å². The lowest BCUT2D eigenvalue weighted by Gasteiger charge is -2.18. The zero-order valence-electron chi connectivity index (χ0n) is 16.6. The van der Waals surface area contributed by atoms with Crippen LogP contribution in [0.2, 0.25) is 0 Å². The van der Waals surface area contributed by atoms with E-state index in [1.165, 1.54) is 0 Å². The fraction of sp³-hybridized carbons (Fsp3) is 0.304. The predicted octanol–water partition coefficient (Wildman–Crippen LogP) is 3.87. The van der Waals surface area contributed by atoms with E-state index in [4.69, 9.17) is 4.74 Å². The average molecular weight is 394 g/mol. The van der Waals surface area contributed by atoms with Crippen LogP contribution in [0.3, 0.4) is 0 Å². The SMILES string of the molecule is CCC(CC(=O)NC(Cc1c[nH]c2ccccc12)C(=O)O)c1ccc(OC)cc1. The minimum absolute atomic E-state index is 0.0171. The second-order valence-electron chi connectivity index (χ2n) is 7.10. The number of aromatic amines is 1. The second kappa shape index (κ2) is 9.28. The van der Waals surface area contributed by atoms with E-state index in [-0.39, 0.29) is 24.7 Å². The van der Waals surface area contributed by atoms with Gasteiger partial charge in [-0.2, -0.15) is 0 Å². The average Bonchev–Trinajstić information content (AvgIpc) is 3.14. The molecule has 2 unspecified atom stereocenters. The van der Waals surface area contributed by atoms with Crippen LogP contribution in [0.4, 0.5) is 0 Å². The first kappa shape index (κ1) is 20.5. The van der Waals surface area contributed by atoms with Gasteiger partial charge >= 0.3 is 5.97 Å². The van der Waals surface area contributed by atoms with Crippen molar-refractivity contribution in [2.24, 2.45) is 0 Å². The zero-order chi connectivity index (χ0) is 20.8. The summed E-state index contributed by atoms with van der Waals surface area (Å²) in [6, 6.07) is 14.4. The molecule has 0 saturated carbocycles. The Morgan fingerprint density at radius 2 is 1.86 bits per heavy atom. The number of carboxylic acid groups (broad SMARTS) is 1. The summed E-state index contributed by atoms with van der Waals surface area (Å²) >= 11 is 0. The van der Waals surface area contributed by atoms with E-state index < -0.39 is 12.0 Å². The summed E-state index contributed by atoms with van der Waals surface area (Å²) in [6.45, 7) is 2.02. The molecule has 6 heteroatoms. The number of para-hydroxylation sites is 1. The zero-order valence-corrected chi connectivity index (χ0v) is 16.6. The van der Waals surface area contributed by atoms with Gasteiger partial charge in [-0.25, -0.2) is 4.79 Å². The number of methoxy groups -OCH3 is 1. The Morgan fingerprint density at radius 1 is 1.14 bits per heavy atom. The Morgan fingerprint density at radius 3 is 2.52 bits per heavy atom. The number of hydrogen-bond acceptors (Lipinski definition) is 3. The van der Waals surface area contributed by atoms with Crippen LogP contribution >= 0.6 is 0 Å². The van der Waals surface area contributed by atoms with Crippen LogP contribution in [0, 0.1) is 0 Å². The Balaban J connectivity index is 1.67. The topological polar surface area (TPSA) is 91.4 Å². The maximum absolute atomic E-state index is 12.6. The Labute approximate surface area is 169 Å². The largest absolute Gasteiger partial charge is 0.497 e. The van der Waals surface area contributed by atoms with Crippen LogP contribution < -0.4 is 10.1 Å². The third kappa shape index (κ3) is 4.96. The molecule has 1 heterocycles. The fourth-order valence-corrected chi connectivity index (χ4v) is 3.57. The first-order valence-electron chi connectivity index (χ1n) is 9.73. The number of carbonyl (C=O) groups excluding carboxylic acids is 1. The smallest absolute Gasteiger partial charge is 0.326 e. The van der Waals surface area contributed by atoms with Gasteiger partial charge in [0, 0.05) is 29.9 Å². The quantitative estimate of drug-likeness (QED) is 0.514. The highest BCUT2D eigenvalue weighted by Gasteiger charge is 2.23. The Kier molecular flexibility index (Phi) is 6.54. The van der Waals surface area contributed by atoms with Crippen molar-refractivity contribution < 1.29 is 19.4 Å². The molecular weight excluding hydrogens is 368 g/mol. The van der Waals surface area contributed by atoms with Gasteiger partial charge in [-0.05, 0) is 41.7 Å². The number of hydrogen-bond donors (Lipinski definition) is 3. The van der Waals surface area contributed by atoms with Gasteiger partial charge in [0.15, 0.2) is 0 Å². The lowest BCUT2D eigenvalue weighted by molar-refractivity contribution is -0.141. The summed E-state index contributed by atoms with van der Waals surface area (Å²) in [4.78, 5) is 27.5. The molecule has 2 atom stereocenters. The van der Waals surface area contributed by atoms with Gasteiger partial charge in [-0.15, -0.1) is 0 Å². The number of aromatic nitrogens is 1. The first-order chi connectivity index (χ1) is 14.0. The third-order valence-corrected chi connectivity index (χ3v) is 5.24. The van der Waals surface area contributed by atoms with Gasteiger partial charge in [-0.3, -0.25) is 4.79 Å². The van der Waals surface area contributed by atoms with Gasteiger partial charge in [-0.1, -0.05) is 37.3 Å². The highest BCUT2D eigenvalue weighted by Crippen LogP contribution is 2.25. The molecule has 0 aliphatic heterocycles. The van der Waals surface area contributed by atoms with E-state index in [2.05, 4.69) is 10.3 Å². The number of aliphatic carboxylic acids is 1. The van der Waals surface area contributed by atoms with Crippen molar-refractivity contribution in [1.82, 2.24) is 10.3 Å². The number of carbonyl (C=O) groups is 2. The van der Waals surface area contributed by atoms with E-state index in [1.807, 2.05) is 55.5 Å². The van der Waals surface area contributed by atoms with Crippen LogP contribution in [0.15, 0.2) is 54.7 Å². The summed E-state index contributed by atoms with van der Waals surface area (Å²) in [6.07, 6.45) is 3.05. The second-order valence-corrected chi connectivity index (χ2v) is 7.10. The molecule has 0 spiro atoms. The van der Waals surface area contributed by atoms with Gasteiger partial charge in [0.2, 0.25) is 5.91 Å². The molecule has 2 aromatic carbocycles. The summed E-state index contributed by atoms with van der Waals surface area (Å²) in [5, 5.41) is 13.3. The predicted molar refractivity (Wildman–Crippen MR) is 112 cm³/mol. The van der Waals surface area contributed by atoms with E-state index in [9.17, 15) is 14.7 Å². The van der Waals surface area contributed by atoms with Crippen molar-refractivity contribution in [3.63, 3.8) is 0 Å². The van der Waals surface area contributed by atoms with Crippen molar-refractivity contribution in [1.29, 1.82) is 0 Å². The summed E-state index contributed by atoms with van der Waals surface area (Å²) < 4.78 is 5.18. The van der Waals surface area contributed by atoms with Gasteiger partial charge in [0.25, 0.3) is 0 Å². The van der Waals surface area contributed by atoms with E-state index in [0.717, 1.165) is 34.2 Å².